The lowest BCUT2D eigenvalue weighted by Gasteiger charge is -2.24. The Balaban J connectivity index is 0.000000345. The Labute approximate surface area is 161 Å². The zero-order valence-corrected chi connectivity index (χ0v) is 16.3. The summed E-state index contributed by atoms with van der Waals surface area (Å²) in [5.74, 6) is -1.89. The highest BCUT2D eigenvalue weighted by Gasteiger charge is 2.45. The number of likely N-dealkylation sites (tertiary alicyclic amines) is 1. The second-order valence-corrected chi connectivity index (χ2v) is 8.64. The molecule has 11 heteroatoms. The van der Waals surface area contributed by atoms with Crippen molar-refractivity contribution in [3.63, 3.8) is 0 Å². The second kappa shape index (κ2) is 8.66. The number of fused-ring (bicyclic) bond motifs is 1. The van der Waals surface area contributed by atoms with Gasteiger partial charge in [-0.05, 0) is 30.5 Å². The van der Waals surface area contributed by atoms with Crippen LogP contribution in [0.1, 0.15) is 18.4 Å². The molecule has 2 aliphatic heterocycles. The normalized spacial score (nSPS) is 23.0. The van der Waals surface area contributed by atoms with Gasteiger partial charge in [0.15, 0.2) is 0 Å². The van der Waals surface area contributed by atoms with Gasteiger partial charge in [-0.3, -0.25) is 4.90 Å². The summed E-state index contributed by atoms with van der Waals surface area (Å²) in [7, 11) is -1.41. The summed E-state index contributed by atoms with van der Waals surface area (Å²) in [5.41, 5.74) is 1.24. The molecule has 2 atom stereocenters. The van der Waals surface area contributed by atoms with Crippen molar-refractivity contribution in [3.8, 4) is 5.75 Å². The van der Waals surface area contributed by atoms with E-state index in [-0.39, 0.29) is 6.04 Å². The maximum absolute atomic E-state index is 11.8. The van der Waals surface area contributed by atoms with Crippen LogP contribution in [0.4, 0.5) is 13.2 Å². The van der Waals surface area contributed by atoms with E-state index in [1.807, 2.05) is 12.1 Å². The van der Waals surface area contributed by atoms with E-state index in [1.54, 1.807) is 11.4 Å². The van der Waals surface area contributed by atoms with E-state index in [0.717, 1.165) is 31.7 Å². The summed E-state index contributed by atoms with van der Waals surface area (Å²) in [4.78, 5) is 11.3. The Morgan fingerprint density at radius 3 is 2.18 bits per heavy atom. The average Bonchev–Trinajstić information content (AvgIpc) is 3.18. The molecule has 0 saturated carbocycles. The van der Waals surface area contributed by atoms with Crippen molar-refractivity contribution < 1.29 is 36.2 Å². The van der Waals surface area contributed by atoms with Crippen LogP contribution in [0.3, 0.4) is 0 Å². The Morgan fingerprint density at radius 1 is 1.18 bits per heavy atom. The van der Waals surface area contributed by atoms with Gasteiger partial charge in [-0.15, -0.1) is 0 Å². The third kappa shape index (κ3) is 5.58. The van der Waals surface area contributed by atoms with Gasteiger partial charge >= 0.3 is 12.1 Å². The molecule has 1 aromatic carbocycles. The number of methoxy groups -OCH3 is 1. The third-order valence-electron chi connectivity index (χ3n) is 4.85. The van der Waals surface area contributed by atoms with Crippen molar-refractivity contribution in [2.75, 3.05) is 26.5 Å². The first kappa shape index (κ1) is 22.4. The number of hydrogen-bond acceptors (Lipinski definition) is 5. The number of rotatable bonds is 4. The fourth-order valence-corrected chi connectivity index (χ4v) is 4.78. The van der Waals surface area contributed by atoms with Crippen molar-refractivity contribution in [2.45, 2.75) is 37.6 Å². The van der Waals surface area contributed by atoms with Crippen LogP contribution < -0.4 is 4.74 Å². The number of carboxylic acids is 1. The molecule has 2 aliphatic rings. The number of nitrogens with zero attached hydrogens (tertiary/aromatic N) is 2. The number of hydrogen-bond donors (Lipinski definition) is 1. The molecule has 2 saturated heterocycles. The molecule has 1 aromatic rings. The van der Waals surface area contributed by atoms with Crippen LogP contribution in [-0.4, -0.2) is 73.4 Å². The van der Waals surface area contributed by atoms with Crippen LogP contribution in [0, 0.1) is 0 Å². The van der Waals surface area contributed by atoms with Gasteiger partial charge in [-0.2, -0.15) is 17.5 Å². The molecular weight excluding hydrogens is 401 g/mol. The molecule has 1 N–H and O–H groups in total. The minimum atomic E-state index is -5.08. The zero-order valence-electron chi connectivity index (χ0n) is 15.5. The smallest absolute Gasteiger partial charge is 0.490 e. The molecule has 0 aliphatic carbocycles. The molecule has 0 aromatic heterocycles. The van der Waals surface area contributed by atoms with Gasteiger partial charge in [0.25, 0.3) is 0 Å². The summed E-state index contributed by atoms with van der Waals surface area (Å²) in [6.07, 6.45) is -1.89. The number of alkyl halides is 3. The first-order valence-corrected chi connectivity index (χ1v) is 10.4. The van der Waals surface area contributed by atoms with Gasteiger partial charge in [0.2, 0.25) is 10.0 Å². The van der Waals surface area contributed by atoms with Crippen molar-refractivity contribution in [2.24, 2.45) is 0 Å². The first-order chi connectivity index (χ1) is 12.9. The predicted octanol–water partition coefficient (Wildman–Crippen LogP) is 1.94. The van der Waals surface area contributed by atoms with E-state index in [9.17, 15) is 21.6 Å². The molecular formula is C17H23F3N2O5S. The van der Waals surface area contributed by atoms with Crippen LogP contribution in [0.5, 0.6) is 5.75 Å². The summed E-state index contributed by atoms with van der Waals surface area (Å²) in [5, 5.41) is 7.12. The fourth-order valence-electron chi connectivity index (χ4n) is 3.61. The van der Waals surface area contributed by atoms with Crippen molar-refractivity contribution >= 4 is 16.0 Å². The van der Waals surface area contributed by atoms with Gasteiger partial charge in [0, 0.05) is 31.7 Å². The van der Waals surface area contributed by atoms with E-state index < -0.39 is 22.2 Å². The monoisotopic (exact) mass is 424 g/mol. The molecule has 3 rings (SSSR count). The van der Waals surface area contributed by atoms with Gasteiger partial charge < -0.3 is 9.84 Å². The Hall–Kier alpha value is -1.85. The average molecular weight is 424 g/mol. The molecule has 2 heterocycles. The number of aliphatic carboxylic acids is 1. The highest BCUT2D eigenvalue weighted by atomic mass is 32.2. The second-order valence-electron chi connectivity index (χ2n) is 6.71. The van der Waals surface area contributed by atoms with Crippen LogP contribution in [0.15, 0.2) is 24.3 Å². The minimum absolute atomic E-state index is 0.165. The van der Waals surface area contributed by atoms with E-state index in [4.69, 9.17) is 14.6 Å². The number of sulfonamides is 1. The zero-order chi connectivity index (χ0) is 21.1. The van der Waals surface area contributed by atoms with Crippen LogP contribution in [-0.2, 0) is 21.4 Å². The van der Waals surface area contributed by atoms with E-state index >= 15 is 0 Å². The Kier molecular flexibility index (Phi) is 6.94. The number of carbonyl (C=O) groups is 1. The SMILES string of the molecule is COc1ccc(CN2CC[C@H]3[C@H]2CCN3S(C)(=O)=O)cc1.O=C(O)C(F)(F)F. The Bertz CT molecular complexity index is 783. The molecule has 0 spiro atoms. The highest BCUT2D eigenvalue weighted by Crippen LogP contribution is 2.34. The van der Waals surface area contributed by atoms with Gasteiger partial charge in [0.1, 0.15) is 5.75 Å². The van der Waals surface area contributed by atoms with Gasteiger partial charge in [-0.1, -0.05) is 12.1 Å². The number of halogens is 3. The van der Waals surface area contributed by atoms with E-state index in [0.29, 0.717) is 12.6 Å². The maximum Gasteiger partial charge on any atom is 0.490 e. The minimum Gasteiger partial charge on any atom is -0.497 e. The molecule has 0 bridgehead atoms. The molecule has 158 valence electrons. The largest absolute Gasteiger partial charge is 0.497 e. The molecule has 28 heavy (non-hydrogen) atoms. The summed E-state index contributed by atoms with van der Waals surface area (Å²) in [6.45, 7) is 2.50. The molecule has 0 radical (unpaired) electrons. The summed E-state index contributed by atoms with van der Waals surface area (Å²) in [6, 6.07) is 8.63. The number of benzene rings is 1. The maximum atomic E-state index is 11.8. The molecule has 0 unspecified atom stereocenters. The van der Waals surface area contributed by atoms with Crippen molar-refractivity contribution in [3.05, 3.63) is 29.8 Å². The number of ether oxygens (including phenoxy) is 1. The van der Waals surface area contributed by atoms with Crippen LogP contribution in [0.25, 0.3) is 0 Å². The van der Waals surface area contributed by atoms with Gasteiger partial charge in [0.05, 0.1) is 13.4 Å². The van der Waals surface area contributed by atoms with E-state index in [1.165, 1.54) is 11.8 Å². The van der Waals surface area contributed by atoms with E-state index in [2.05, 4.69) is 17.0 Å². The highest BCUT2D eigenvalue weighted by molar-refractivity contribution is 7.88. The van der Waals surface area contributed by atoms with Crippen molar-refractivity contribution in [1.82, 2.24) is 9.21 Å². The topological polar surface area (TPSA) is 87.2 Å². The molecule has 2 fully saturated rings. The fraction of sp³-hybridized carbons (Fsp3) is 0.588. The van der Waals surface area contributed by atoms with Crippen LogP contribution in [0.2, 0.25) is 0 Å². The Morgan fingerprint density at radius 2 is 1.71 bits per heavy atom. The first-order valence-electron chi connectivity index (χ1n) is 8.57. The predicted molar refractivity (Wildman–Crippen MR) is 95.5 cm³/mol. The standard InChI is InChI=1S/C15H22N2O3S.C2HF3O2/c1-20-13-5-3-12(4-6-13)11-16-9-7-15-14(16)8-10-17(15)21(2,18)19;3-2(4,5)1(6)7/h3-6,14-15H,7-11H2,1-2H3;(H,6,7)/t14-,15+;/m1./s1. The lowest BCUT2D eigenvalue weighted by atomic mass is 10.1. The summed E-state index contributed by atoms with van der Waals surface area (Å²) < 4.78 is 62.2. The van der Waals surface area contributed by atoms with Crippen molar-refractivity contribution in [1.29, 1.82) is 0 Å². The lowest BCUT2D eigenvalue weighted by Crippen LogP contribution is -2.38. The quantitative estimate of drug-likeness (QED) is 0.795. The molecule has 0 amide bonds. The lowest BCUT2D eigenvalue weighted by molar-refractivity contribution is -0.192. The summed E-state index contributed by atoms with van der Waals surface area (Å²) >= 11 is 0. The molecule has 7 nitrogen and oxygen atoms in total. The third-order valence-corrected chi connectivity index (χ3v) is 6.16. The van der Waals surface area contributed by atoms with Gasteiger partial charge in [-0.25, -0.2) is 13.2 Å². The van der Waals surface area contributed by atoms with Crippen LogP contribution >= 0.6 is 0 Å². The number of carboxylic acid groups (broad SMARTS) is 1.